The standard InChI is InChI=1S/C9H7NO2.Ac/c11-7-3-1-2-6-4-5-8(12)10-9(6)7;/h1-5,11H,(H,10,12);. The summed E-state index contributed by atoms with van der Waals surface area (Å²) in [5.41, 5.74) is 0.286. The molecule has 1 heterocycles. The number of hydrogen-bond acceptors (Lipinski definition) is 2. The molecule has 63 valence electrons. The topological polar surface area (TPSA) is 53.1 Å². The van der Waals surface area contributed by atoms with Crippen LogP contribution in [0.3, 0.4) is 0 Å². The molecule has 0 aliphatic heterocycles. The summed E-state index contributed by atoms with van der Waals surface area (Å²) in [4.78, 5) is 13.4. The Labute approximate surface area is 110 Å². The maximum absolute atomic E-state index is 10.9. The number of phenolic OH excluding ortho intramolecular Hbond substituents is 1. The SMILES string of the molecule is O=c1ccc2cccc(O)c2[nH]1.[Ac]. The van der Waals surface area contributed by atoms with Gasteiger partial charge in [-0.1, -0.05) is 12.1 Å². The van der Waals surface area contributed by atoms with Crippen molar-refractivity contribution < 1.29 is 49.2 Å². The van der Waals surface area contributed by atoms with Crippen molar-refractivity contribution in [3.05, 3.63) is 40.7 Å². The number of rotatable bonds is 0. The van der Waals surface area contributed by atoms with Crippen LogP contribution in [0.4, 0.5) is 0 Å². The van der Waals surface area contributed by atoms with Gasteiger partial charge >= 0.3 is 0 Å². The molecule has 4 heteroatoms. The van der Waals surface area contributed by atoms with E-state index < -0.39 is 0 Å². The van der Waals surface area contributed by atoms with E-state index in [1.165, 1.54) is 12.1 Å². The van der Waals surface area contributed by atoms with Gasteiger partial charge in [-0.25, -0.2) is 0 Å². The Bertz CT molecular complexity index is 478. The van der Waals surface area contributed by atoms with E-state index in [0.717, 1.165) is 5.39 Å². The van der Waals surface area contributed by atoms with Crippen LogP contribution < -0.4 is 5.56 Å². The fraction of sp³-hybridized carbons (Fsp3) is 0. The Kier molecular flexibility index (Phi) is 3.52. The third-order valence-electron chi connectivity index (χ3n) is 1.74. The molecular formula is C9H7AcNO2. The summed E-state index contributed by atoms with van der Waals surface area (Å²) in [6.45, 7) is 0. The van der Waals surface area contributed by atoms with Crippen molar-refractivity contribution in [2.75, 3.05) is 0 Å². The van der Waals surface area contributed by atoms with Crippen LogP contribution in [0.5, 0.6) is 5.75 Å². The number of fused-ring (bicyclic) bond motifs is 1. The van der Waals surface area contributed by atoms with Gasteiger partial charge in [0.2, 0.25) is 5.56 Å². The number of H-pyrrole nitrogens is 1. The van der Waals surface area contributed by atoms with Gasteiger partial charge in [-0.2, -0.15) is 0 Å². The molecule has 0 atom stereocenters. The van der Waals surface area contributed by atoms with Crippen LogP contribution in [0.1, 0.15) is 0 Å². The monoisotopic (exact) mass is 388 g/mol. The fourth-order valence-electron chi connectivity index (χ4n) is 1.16. The average Bonchev–Trinajstić information content (AvgIpc) is 2.07. The Balaban J connectivity index is 0.000000845. The van der Waals surface area contributed by atoms with Crippen LogP contribution in [0.2, 0.25) is 0 Å². The summed E-state index contributed by atoms with van der Waals surface area (Å²) in [5, 5.41) is 10.2. The van der Waals surface area contributed by atoms with Crippen LogP contribution >= 0.6 is 0 Å². The normalized spacial score (nSPS) is 9.54. The molecule has 2 rings (SSSR count). The summed E-state index contributed by atoms with van der Waals surface area (Å²) < 4.78 is 0. The largest absolute Gasteiger partial charge is 0.506 e. The van der Waals surface area contributed by atoms with Gasteiger partial charge in [0.25, 0.3) is 0 Å². The van der Waals surface area contributed by atoms with Crippen molar-refractivity contribution in [3.63, 3.8) is 0 Å². The molecule has 0 aliphatic rings. The molecule has 0 saturated carbocycles. The second-order valence-electron chi connectivity index (χ2n) is 2.56. The zero-order valence-electron chi connectivity index (χ0n) is 6.82. The van der Waals surface area contributed by atoms with Gasteiger partial charge in [0.1, 0.15) is 5.75 Å². The number of phenols is 1. The van der Waals surface area contributed by atoms with Crippen molar-refractivity contribution in [2.24, 2.45) is 0 Å². The second-order valence-corrected chi connectivity index (χ2v) is 2.56. The molecule has 13 heavy (non-hydrogen) atoms. The Morgan fingerprint density at radius 3 is 2.69 bits per heavy atom. The number of para-hydroxylation sites is 1. The first-order valence-corrected chi connectivity index (χ1v) is 3.58. The predicted octanol–water partition coefficient (Wildman–Crippen LogP) is 1.23. The van der Waals surface area contributed by atoms with Gasteiger partial charge in [0, 0.05) is 55.5 Å². The maximum atomic E-state index is 10.9. The summed E-state index contributed by atoms with van der Waals surface area (Å²) in [6.07, 6.45) is 0. The van der Waals surface area contributed by atoms with E-state index in [2.05, 4.69) is 4.98 Å². The molecule has 0 spiro atoms. The molecule has 1 aromatic heterocycles. The van der Waals surface area contributed by atoms with E-state index in [0.29, 0.717) is 5.52 Å². The first-order chi connectivity index (χ1) is 5.77. The average molecular weight is 388 g/mol. The van der Waals surface area contributed by atoms with Crippen LogP contribution in [-0.2, 0) is 0 Å². The van der Waals surface area contributed by atoms with E-state index >= 15 is 0 Å². The molecule has 0 bridgehead atoms. The Hall–Kier alpha value is -0.328. The van der Waals surface area contributed by atoms with Gasteiger partial charge in [-0.05, 0) is 12.1 Å². The smallest absolute Gasteiger partial charge is 0.248 e. The van der Waals surface area contributed by atoms with Gasteiger partial charge in [-0.15, -0.1) is 0 Å². The minimum Gasteiger partial charge on any atom is -0.506 e. The molecule has 1 radical (unpaired) electrons. The molecule has 3 nitrogen and oxygen atoms in total. The first-order valence-electron chi connectivity index (χ1n) is 3.58. The summed E-state index contributed by atoms with van der Waals surface area (Å²) in [7, 11) is 0. The van der Waals surface area contributed by atoms with Gasteiger partial charge < -0.3 is 10.1 Å². The summed E-state index contributed by atoms with van der Waals surface area (Å²) >= 11 is 0. The second kappa shape index (κ2) is 4.26. The van der Waals surface area contributed by atoms with E-state index in [4.69, 9.17) is 0 Å². The van der Waals surface area contributed by atoms with Crippen molar-refractivity contribution in [1.82, 2.24) is 4.98 Å². The zero-order chi connectivity index (χ0) is 8.55. The number of pyridine rings is 1. The third-order valence-corrected chi connectivity index (χ3v) is 1.74. The van der Waals surface area contributed by atoms with E-state index in [1.54, 1.807) is 12.1 Å². The molecule has 2 aromatic rings. The minimum atomic E-state index is -0.205. The molecule has 0 aliphatic carbocycles. The van der Waals surface area contributed by atoms with Gasteiger partial charge in [0.05, 0.1) is 5.52 Å². The molecular weight excluding hydrogens is 381 g/mol. The molecule has 0 amide bonds. The number of aromatic amines is 1. The molecule has 0 saturated heterocycles. The molecule has 2 N–H and O–H groups in total. The fourth-order valence-corrected chi connectivity index (χ4v) is 1.16. The predicted molar refractivity (Wildman–Crippen MR) is 46.2 cm³/mol. The Morgan fingerprint density at radius 2 is 1.92 bits per heavy atom. The van der Waals surface area contributed by atoms with E-state index in [-0.39, 0.29) is 55.4 Å². The summed E-state index contributed by atoms with van der Waals surface area (Å²) in [5.74, 6) is 0.102. The zero-order valence-corrected chi connectivity index (χ0v) is 11.6. The van der Waals surface area contributed by atoms with Crippen molar-refractivity contribution in [3.8, 4) is 5.75 Å². The van der Waals surface area contributed by atoms with Crippen molar-refractivity contribution >= 4 is 10.9 Å². The number of nitrogens with one attached hydrogen (secondary N) is 1. The molecule has 0 fully saturated rings. The van der Waals surface area contributed by atoms with E-state index in [9.17, 15) is 9.90 Å². The summed E-state index contributed by atoms with van der Waals surface area (Å²) in [6, 6.07) is 8.20. The third kappa shape index (κ3) is 2.12. The molecule has 1 aromatic carbocycles. The number of hydrogen-bond donors (Lipinski definition) is 2. The Morgan fingerprint density at radius 1 is 1.15 bits per heavy atom. The first kappa shape index (κ1) is 10.8. The van der Waals surface area contributed by atoms with Crippen molar-refractivity contribution in [1.29, 1.82) is 0 Å². The number of benzene rings is 1. The van der Waals surface area contributed by atoms with Crippen LogP contribution in [0, 0.1) is 44.1 Å². The molecule has 0 unspecified atom stereocenters. The minimum absolute atomic E-state index is 0. The van der Waals surface area contributed by atoms with Gasteiger partial charge in [-0.3, -0.25) is 4.79 Å². The van der Waals surface area contributed by atoms with Crippen molar-refractivity contribution in [2.45, 2.75) is 0 Å². The van der Waals surface area contributed by atoms with Crippen LogP contribution in [0.15, 0.2) is 35.1 Å². The van der Waals surface area contributed by atoms with Crippen LogP contribution in [-0.4, -0.2) is 10.1 Å². The number of aromatic nitrogens is 1. The quantitative estimate of drug-likeness (QED) is 0.714. The van der Waals surface area contributed by atoms with E-state index in [1.807, 2.05) is 6.07 Å². The van der Waals surface area contributed by atoms with Gasteiger partial charge in [0.15, 0.2) is 0 Å². The number of aromatic hydroxyl groups is 1. The maximum Gasteiger partial charge on any atom is 0.248 e. The van der Waals surface area contributed by atoms with Crippen LogP contribution in [0.25, 0.3) is 10.9 Å².